The van der Waals surface area contributed by atoms with Gasteiger partial charge in [0, 0.05) is 25.5 Å². The Morgan fingerprint density at radius 1 is 1.28 bits per heavy atom. The van der Waals surface area contributed by atoms with Crippen LogP contribution in [0, 0.1) is 11.4 Å². The summed E-state index contributed by atoms with van der Waals surface area (Å²) in [6.45, 7) is 1.72. The fraction of sp³-hybridized carbons (Fsp3) is 0.150. The fourth-order valence-electron chi connectivity index (χ4n) is 2.96. The minimum atomic E-state index is -0.689. The predicted octanol–water partition coefficient (Wildman–Crippen LogP) is 2.59. The lowest BCUT2D eigenvalue weighted by atomic mass is 10.1. The predicted molar refractivity (Wildman–Crippen MR) is 113 cm³/mol. The minimum absolute atomic E-state index is 0.0603. The van der Waals surface area contributed by atoms with E-state index in [2.05, 4.69) is 40.7 Å². The maximum atomic E-state index is 13.9. The van der Waals surface area contributed by atoms with Crippen molar-refractivity contribution in [2.45, 2.75) is 13.0 Å². The van der Waals surface area contributed by atoms with Gasteiger partial charge in [0.25, 0.3) is 5.91 Å². The summed E-state index contributed by atoms with van der Waals surface area (Å²) in [5, 5.41) is 17.0. The summed E-state index contributed by atoms with van der Waals surface area (Å²) in [6.07, 6.45) is 3.65. The van der Waals surface area contributed by atoms with Crippen LogP contribution in [0.2, 0.25) is 0 Å². The first-order valence-corrected chi connectivity index (χ1v) is 9.49. The number of hydrogen-bond donors (Lipinski definition) is 4. The summed E-state index contributed by atoms with van der Waals surface area (Å²) < 4.78 is 19.3. The highest BCUT2D eigenvalue weighted by molar-refractivity contribution is 5.93. The molecule has 0 saturated heterocycles. The maximum Gasteiger partial charge on any atom is 0.270 e. The van der Waals surface area contributed by atoms with E-state index in [0.29, 0.717) is 28.8 Å². The molecular formula is C20H18FN9O2. The SMILES string of the molecule is CNc1nc(-c2cc([C@@H](C)NC(=O)c3cc(-c4cccnc4F)ncn3)on2)[nH]c1C=N. The summed E-state index contributed by atoms with van der Waals surface area (Å²) in [5.74, 6) is 0.126. The van der Waals surface area contributed by atoms with Gasteiger partial charge in [-0.2, -0.15) is 4.39 Å². The topological polar surface area (TPSA) is 158 Å². The van der Waals surface area contributed by atoms with E-state index < -0.39 is 17.9 Å². The van der Waals surface area contributed by atoms with E-state index in [9.17, 15) is 9.18 Å². The number of aromatic amines is 1. The first-order chi connectivity index (χ1) is 15.5. The van der Waals surface area contributed by atoms with E-state index in [1.807, 2.05) is 0 Å². The molecule has 11 nitrogen and oxygen atoms in total. The van der Waals surface area contributed by atoms with E-state index in [1.165, 1.54) is 24.7 Å². The van der Waals surface area contributed by atoms with Gasteiger partial charge in [-0.1, -0.05) is 5.16 Å². The minimum Gasteiger partial charge on any atom is -0.371 e. The first kappa shape index (κ1) is 20.8. The van der Waals surface area contributed by atoms with Crippen LogP contribution in [0.15, 0.2) is 41.3 Å². The van der Waals surface area contributed by atoms with Crippen LogP contribution in [0.4, 0.5) is 10.2 Å². The smallest absolute Gasteiger partial charge is 0.270 e. The molecule has 0 spiro atoms. The van der Waals surface area contributed by atoms with Crippen molar-refractivity contribution in [1.82, 2.24) is 35.4 Å². The van der Waals surface area contributed by atoms with Crippen molar-refractivity contribution < 1.29 is 13.7 Å². The average Bonchev–Trinajstić information content (AvgIpc) is 3.46. The van der Waals surface area contributed by atoms with Crippen molar-refractivity contribution in [3.63, 3.8) is 0 Å². The molecular weight excluding hydrogens is 417 g/mol. The number of anilines is 1. The standard InChI is InChI=1S/C20H18FN9O2/c1-10(16-7-13(30-32-16)19-28-15(8-22)18(23-2)29-19)27-20(31)14-6-12(25-9-26-14)11-4-3-5-24-17(11)21/h3-10,22-23H,1-2H3,(H,27,31)(H,28,29)/t10-/m1/s1. The lowest BCUT2D eigenvalue weighted by Gasteiger charge is -2.10. The highest BCUT2D eigenvalue weighted by Gasteiger charge is 2.20. The van der Waals surface area contributed by atoms with E-state index in [-0.39, 0.29) is 17.0 Å². The number of amides is 1. The van der Waals surface area contributed by atoms with Crippen LogP contribution in [0.3, 0.4) is 0 Å². The molecule has 4 aromatic heterocycles. The number of hydrogen-bond acceptors (Lipinski definition) is 9. The molecule has 0 fully saturated rings. The lowest BCUT2D eigenvalue weighted by Crippen LogP contribution is -2.27. The van der Waals surface area contributed by atoms with Crippen molar-refractivity contribution in [1.29, 1.82) is 5.41 Å². The molecule has 32 heavy (non-hydrogen) atoms. The number of nitrogens with zero attached hydrogens (tertiary/aromatic N) is 5. The summed E-state index contributed by atoms with van der Waals surface area (Å²) >= 11 is 0. The van der Waals surface area contributed by atoms with Crippen LogP contribution in [0.5, 0.6) is 0 Å². The Morgan fingerprint density at radius 3 is 2.84 bits per heavy atom. The molecule has 4 rings (SSSR count). The quantitative estimate of drug-likeness (QED) is 0.255. The average molecular weight is 435 g/mol. The molecule has 0 aliphatic carbocycles. The lowest BCUT2D eigenvalue weighted by molar-refractivity contribution is 0.0928. The highest BCUT2D eigenvalue weighted by Crippen LogP contribution is 2.23. The second-order valence-corrected chi connectivity index (χ2v) is 6.68. The van der Waals surface area contributed by atoms with Gasteiger partial charge in [0.05, 0.1) is 17.3 Å². The van der Waals surface area contributed by atoms with Crippen LogP contribution in [-0.2, 0) is 0 Å². The van der Waals surface area contributed by atoms with Crippen molar-refractivity contribution >= 4 is 17.9 Å². The van der Waals surface area contributed by atoms with Gasteiger partial charge >= 0.3 is 0 Å². The number of imidazole rings is 1. The Morgan fingerprint density at radius 2 is 2.12 bits per heavy atom. The third kappa shape index (κ3) is 4.05. The number of carbonyl (C=O) groups excluding carboxylic acids is 1. The van der Waals surface area contributed by atoms with Crippen LogP contribution in [0.25, 0.3) is 22.8 Å². The summed E-state index contributed by atoms with van der Waals surface area (Å²) in [7, 11) is 1.69. The molecule has 4 heterocycles. The Bertz CT molecular complexity index is 1280. The zero-order chi connectivity index (χ0) is 22.7. The van der Waals surface area contributed by atoms with Gasteiger partial charge in [0.2, 0.25) is 5.95 Å². The van der Waals surface area contributed by atoms with Gasteiger partial charge in [0.15, 0.2) is 17.4 Å². The Balaban J connectivity index is 1.50. The molecule has 0 aromatic carbocycles. The second kappa shape index (κ2) is 8.71. The third-order valence-corrected chi connectivity index (χ3v) is 4.59. The molecule has 1 atom stereocenters. The maximum absolute atomic E-state index is 13.9. The van der Waals surface area contributed by atoms with Gasteiger partial charge in [0.1, 0.15) is 23.4 Å². The Labute approximate surface area is 181 Å². The van der Waals surface area contributed by atoms with Gasteiger partial charge in [-0.15, -0.1) is 0 Å². The number of H-pyrrole nitrogens is 1. The molecule has 162 valence electrons. The molecule has 1 amide bonds. The van der Waals surface area contributed by atoms with E-state index in [1.54, 1.807) is 26.1 Å². The molecule has 0 saturated carbocycles. The zero-order valence-corrected chi connectivity index (χ0v) is 17.0. The van der Waals surface area contributed by atoms with Crippen molar-refractivity contribution in [2.24, 2.45) is 0 Å². The number of rotatable bonds is 7. The van der Waals surface area contributed by atoms with Gasteiger partial charge < -0.3 is 25.5 Å². The van der Waals surface area contributed by atoms with Crippen molar-refractivity contribution in [3.8, 4) is 22.8 Å². The van der Waals surface area contributed by atoms with Crippen LogP contribution in [-0.4, -0.2) is 49.2 Å². The molecule has 12 heteroatoms. The molecule has 0 bridgehead atoms. The van der Waals surface area contributed by atoms with Crippen molar-refractivity contribution in [2.75, 3.05) is 12.4 Å². The zero-order valence-electron chi connectivity index (χ0n) is 17.0. The van der Waals surface area contributed by atoms with Gasteiger partial charge in [-0.3, -0.25) is 4.79 Å². The normalized spacial score (nSPS) is 11.7. The summed E-state index contributed by atoms with van der Waals surface area (Å²) in [6, 6.07) is 5.57. The number of nitrogens with one attached hydrogen (secondary N) is 4. The third-order valence-electron chi connectivity index (χ3n) is 4.59. The highest BCUT2D eigenvalue weighted by atomic mass is 19.1. The number of pyridine rings is 1. The summed E-state index contributed by atoms with van der Waals surface area (Å²) in [5.41, 5.74) is 1.39. The largest absolute Gasteiger partial charge is 0.371 e. The van der Waals surface area contributed by atoms with E-state index >= 15 is 0 Å². The van der Waals surface area contributed by atoms with E-state index in [0.717, 1.165) is 6.21 Å². The molecule has 0 aliphatic heterocycles. The molecule has 0 radical (unpaired) electrons. The van der Waals surface area contributed by atoms with Crippen LogP contribution in [0.1, 0.15) is 34.9 Å². The van der Waals surface area contributed by atoms with Crippen molar-refractivity contribution in [3.05, 3.63) is 59.9 Å². The monoisotopic (exact) mass is 435 g/mol. The number of carbonyl (C=O) groups is 1. The molecule has 4 N–H and O–H groups in total. The number of halogens is 1. The summed E-state index contributed by atoms with van der Waals surface area (Å²) in [4.78, 5) is 31.5. The van der Waals surface area contributed by atoms with Crippen LogP contribution < -0.4 is 10.6 Å². The molecule has 0 unspecified atom stereocenters. The van der Waals surface area contributed by atoms with E-state index in [4.69, 9.17) is 9.93 Å². The van der Waals surface area contributed by atoms with Crippen LogP contribution >= 0.6 is 0 Å². The second-order valence-electron chi connectivity index (χ2n) is 6.68. The Kier molecular flexibility index (Phi) is 5.66. The Hall–Kier alpha value is -4.48. The first-order valence-electron chi connectivity index (χ1n) is 9.49. The molecule has 4 aromatic rings. The van der Waals surface area contributed by atoms with Gasteiger partial charge in [-0.25, -0.2) is 19.9 Å². The molecule has 0 aliphatic rings. The fourth-order valence-corrected chi connectivity index (χ4v) is 2.96. The van der Waals surface area contributed by atoms with Gasteiger partial charge in [-0.05, 0) is 25.1 Å². The number of aromatic nitrogens is 6.